The molecule has 1 amide bonds. The topological polar surface area (TPSA) is 59.8 Å². The van der Waals surface area contributed by atoms with Gasteiger partial charge in [0.1, 0.15) is 0 Å². The molecule has 0 saturated carbocycles. The van der Waals surface area contributed by atoms with Crippen LogP contribution < -0.4 is 5.32 Å². The second-order valence-electron chi connectivity index (χ2n) is 7.01. The van der Waals surface area contributed by atoms with E-state index in [1.165, 1.54) is 17.3 Å². The molecular weight excluding hydrogens is 380 g/mol. The summed E-state index contributed by atoms with van der Waals surface area (Å²) < 4.78 is 1.93. The van der Waals surface area contributed by atoms with Crippen molar-refractivity contribution in [3.8, 4) is 11.4 Å². The largest absolute Gasteiger partial charge is 0.325 e. The maximum atomic E-state index is 12.8. The van der Waals surface area contributed by atoms with Crippen LogP contribution in [0.5, 0.6) is 0 Å². The number of hydrogen-bond donors (Lipinski definition) is 1. The first-order chi connectivity index (χ1) is 14.0. The van der Waals surface area contributed by atoms with Crippen LogP contribution in [0.3, 0.4) is 0 Å². The Bertz CT molecular complexity index is 1160. The highest BCUT2D eigenvalue weighted by Gasteiger charge is 2.20. The quantitative estimate of drug-likeness (QED) is 0.474. The minimum absolute atomic E-state index is 0.0637. The van der Waals surface area contributed by atoms with Crippen LogP contribution >= 0.6 is 11.8 Å². The van der Waals surface area contributed by atoms with Gasteiger partial charge in [-0.2, -0.15) is 0 Å². The number of amides is 1. The normalized spacial score (nSPS) is 12.1. The Balaban J connectivity index is 1.50. The molecular formula is C23H22N4OS. The third-order valence-corrected chi connectivity index (χ3v) is 5.98. The number of fused-ring (bicyclic) bond motifs is 1. The van der Waals surface area contributed by atoms with Gasteiger partial charge >= 0.3 is 0 Å². The number of carbonyl (C=O) groups is 1. The van der Waals surface area contributed by atoms with Gasteiger partial charge in [-0.25, -0.2) is 0 Å². The van der Waals surface area contributed by atoms with E-state index in [2.05, 4.69) is 34.6 Å². The van der Waals surface area contributed by atoms with E-state index >= 15 is 0 Å². The summed E-state index contributed by atoms with van der Waals surface area (Å²) >= 11 is 1.40. The Labute approximate surface area is 174 Å². The molecule has 4 aromatic rings. The SMILES string of the molecule is Cc1ccc(-c2nnc(S[C@H](C)C(=O)Nc3cccc4ccccc34)n2C)cc1. The number of anilines is 1. The summed E-state index contributed by atoms with van der Waals surface area (Å²) in [5.74, 6) is 0.723. The highest BCUT2D eigenvalue weighted by atomic mass is 32.2. The molecule has 6 heteroatoms. The van der Waals surface area contributed by atoms with E-state index in [0.29, 0.717) is 5.16 Å². The maximum Gasteiger partial charge on any atom is 0.237 e. The van der Waals surface area contributed by atoms with E-state index < -0.39 is 0 Å². The fraction of sp³-hybridized carbons (Fsp3) is 0.174. The summed E-state index contributed by atoms with van der Waals surface area (Å²) in [4.78, 5) is 12.8. The van der Waals surface area contributed by atoms with Crippen LogP contribution in [0.25, 0.3) is 22.2 Å². The van der Waals surface area contributed by atoms with Crippen molar-refractivity contribution >= 4 is 34.1 Å². The first kappa shape index (κ1) is 19.2. The zero-order chi connectivity index (χ0) is 20.4. The molecule has 4 rings (SSSR count). The molecule has 5 nitrogen and oxygen atoms in total. The van der Waals surface area contributed by atoms with Crippen LogP contribution in [0.2, 0.25) is 0 Å². The highest BCUT2D eigenvalue weighted by molar-refractivity contribution is 8.00. The number of thioether (sulfide) groups is 1. The number of benzene rings is 3. The molecule has 0 aliphatic rings. The molecule has 1 N–H and O–H groups in total. The first-order valence-electron chi connectivity index (χ1n) is 9.44. The summed E-state index contributed by atoms with van der Waals surface area (Å²) in [6.45, 7) is 3.93. The second-order valence-corrected chi connectivity index (χ2v) is 8.32. The first-order valence-corrected chi connectivity index (χ1v) is 10.3. The van der Waals surface area contributed by atoms with Crippen molar-refractivity contribution in [1.82, 2.24) is 14.8 Å². The van der Waals surface area contributed by atoms with Gasteiger partial charge in [0.25, 0.3) is 0 Å². The number of nitrogens with zero attached hydrogens (tertiary/aromatic N) is 3. The molecule has 146 valence electrons. The second kappa shape index (κ2) is 8.09. The van der Waals surface area contributed by atoms with E-state index in [0.717, 1.165) is 27.8 Å². The average molecular weight is 403 g/mol. The molecule has 0 aliphatic heterocycles. The van der Waals surface area contributed by atoms with Crippen LogP contribution in [0.15, 0.2) is 71.9 Å². The standard InChI is InChI=1S/C23H22N4OS/c1-15-11-13-18(14-12-15)21-25-26-23(27(21)3)29-16(2)22(28)24-20-10-6-8-17-7-4-5-9-19(17)20/h4-14,16H,1-3H3,(H,24,28)/t16-/m1/s1. The van der Waals surface area contributed by atoms with E-state index in [1.807, 2.05) is 73.1 Å². The molecule has 0 radical (unpaired) electrons. The molecule has 0 fully saturated rings. The molecule has 0 bridgehead atoms. The van der Waals surface area contributed by atoms with E-state index in [9.17, 15) is 4.79 Å². The number of nitrogens with one attached hydrogen (secondary N) is 1. The van der Waals surface area contributed by atoms with Gasteiger partial charge < -0.3 is 9.88 Å². The van der Waals surface area contributed by atoms with Gasteiger partial charge in [-0.3, -0.25) is 4.79 Å². The fourth-order valence-corrected chi connectivity index (χ4v) is 3.97. The van der Waals surface area contributed by atoms with E-state index in [4.69, 9.17) is 0 Å². The molecule has 0 spiro atoms. The summed E-state index contributed by atoms with van der Waals surface area (Å²) in [5.41, 5.74) is 3.02. The van der Waals surface area contributed by atoms with Crippen LogP contribution in [0, 0.1) is 6.92 Å². The lowest BCUT2D eigenvalue weighted by Crippen LogP contribution is -2.23. The van der Waals surface area contributed by atoms with Crippen molar-refractivity contribution in [3.05, 3.63) is 72.3 Å². The van der Waals surface area contributed by atoms with Crippen molar-refractivity contribution in [1.29, 1.82) is 0 Å². The van der Waals surface area contributed by atoms with Gasteiger partial charge in [-0.05, 0) is 25.3 Å². The van der Waals surface area contributed by atoms with Gasteiger partial charge in [0.05, 0.1) is 5.25 Å². The number of aromatic nitrogens is 3. The van der Waals surface area contributed by atoms with Crippen molar-refractivity contribution in [2.45, 2.75) is 24.3 Å². The Morgan fingerprint density at radius 3 is 2.52 bits per heavy atom. The van der Waals surface area contributed by atoms with E-state index in [1.54, 1.807) is 0 Å². The van der Waals surface area contributed by atoms with Crippen molar-refractivity contribution in [3.63, 3.8) is 0 Å². The third kappa shape index (κ3) is 4.03. The number of aryl methyl sites for hydroxylation is 1. The number of carbonyl (C=O) groups excluding carboxylic acids is 1. The lowest BCUT2D eigenvalue weighted by atomic mass is 10.1. The predicted molar refractivity (Wildman–Crippen MR) is 119 cm³/mol. The maximum absolute atomic E-state index is 12.8. The Hall–Kier alpha value is -3.12. The van der Waals surface area contributed by atoms with Gasteiger partial charge in [-0.1, -0.05) is 78.0 Å². The van der Waals surface area contributed by atoms with Crippen LogP contribution in [-0.2, 0) is 11.8 Å². The minimum Gasteiger partial charge on any atom is -0.325 e. The van der Waals surface area contributed by atoms with Crippen molar-refractivity contribution in [2.24, 2.45) is 7.05 Å². The molecule has 29 heavy (non-hydrogen) atoms. The predicted octanol–water partition coefficient (Wildman–Crippen LogP) is 5.06. The summed E-state index contributed by atoms with van der Waals surface area (Å²) in [6, 6.07) is 22.1. The Kier molecular flexibility index (Phi) is 5.36. The Morgan fingerprint density at radius 2 is 1.72 bits per heavy atom. The van der Waals surface area contributed by atoms with Gasteiger partial charge in [0.2, 0.25) is 5.91 Å². The lowest BCUT2D eigenvalue weighted by Gasteiger charge is -2.13. The molecule has 1 heterocycles. The monoisotopic (exact) mass is 402 g/mol. The Morgan fingerprint density at radius 1 is 1.00 bits per heavy atom. The zero-order valence-corrected chi connectivity index (χ0v) is 17.4. The lowest BCUT2D eigenvalue weighted by molar-refractivity contribution is -0.115. The van der Waals surface area contributed by atoms with Crippen molar-refractivity contribution < 1.29 is 4.79 Å². The van der Waals surface area contributed by atoms with Crippen LogP contribution in [-0.4, -0.2) is 25.9 Å². The summed E-state index contributed by atoms with van der Waals surface area (Å²) in [7, 11) is 1.92. The smallest absolute Gasteiger partial charge is 0.237 e. The molecule has 1 atom stereocenters. The van der Waals surface area contributed by atoms with Crippen LogP contribution in [0.1, 0.15) is 12.5 Å². The highest BCUT2D eigenvalue weighted by Crippen LogP contribution is 2.28. The van der Waals surface area contributed by atoms with Gasteiger partial charge in [0.15, 0.2) is 11.0 Å². The molecule has 0 unspecified atom stereocenters. The molecule has 1 aromatic heterocycles. The minimum atomic E-state index is -0.317. The van der Waals surface area contributed by atoms with E-state index in [-0.39, 0.29) is 11.2 Å². The van der Waals surface area contributed by atoms with Gasteiger partial charge in [-0.15, -0.1) is 10.2 Å². The van der Waals surface area contributed by atoms with Crippen molar-refractivity contribution in [2.75, 3.05) is 5.32 Å². The summed E-state index contributed by atoms with van der Waals surface area (Å²) in [5, 5.41) is 14.2. The fourth-order valence-electron chi connectivity index (χ4n) is 3.15. The molecule has 0 aliphatic carbocycles. The molecule has 0 saturated heterocycles. The molecule has 3 aromatic carbocycles. The summed E-state index contributed by atoms with van der Waals surface area (Å²) in [6.07, 6.45) is 0. The number of rotatable bonds is 5. The third-order valence-electron chi connectivity index (χ3n) is 4.84. The van der Waals surface area contributed by atoms with Crippen LogP contribution in [0.4, 0.5) is 5.69 Å². The number of hydrogen-bond acceptors (Lipinski definition) is 4. The zero-order valence-electron chi connectivity index (χ0n) is 16.6. The average Bonchev–Trinajstić information content (AvgIpc) is 3.09. The van der Waals surface area contributed by atoms with Gasteiger partial charge in [0, 0.05) is 23.7 Å².